The van der Waals surface area contributed by atoms with E-state index >= 15 is 0 Å². The molecule has 0 unspecified atom stereocenters. The summed E-state index contributed by atoms with van der Waals surface area (Å²) in [5.74, 6) is 1.12. The zero-order valence-electron chi connectivity index (χ0n) is 16.5. The van der Waals surface area contributed by atoms with Crippen LogP contribution in [0.3, 0.4) is 0 Å². The average molecular weight is 401 g/mol. The van der Waals surface area contributed by atoms with Gasteiger partial charge < -0.3 is 18.9 Å². The van der Waals surface area contributed by atoms with Crippen LogP contribution in [0, 0.1) is 0 Å². The Morgan fingerprint density at radius 3 is 1.64 bits per heavy atom. The Bertz CT molecular complexity index is 675. The van der Waals surface area contributed by atoms with Crippen LogP contribution in [0.15, 0.2) is 60.7 Å². The molecule has 28 heavy (non-hydrogen) atoms. The van der Waals surface area contributed by atoms with E-state index in [1.165, 1.54) is 11.1 Å². The monoisotopic (exact) mass is 400 g/mol. The lowest BCUT2D eigenvalue weighted by molar-refractivity contribution is -0.164. The van der Waals surface area contributed by atoms with Crippen LogP contribution in [0.2, 0.25) is 0 Å². The molecule has 2 aromatic rings. The summed E-state index contributed by atoms with van der Waals surface area (Å²) in [6, 6.07) is 20.5. The summed E-state index contributed by atoms with van der Waals surface area (Å²) in [6.07, 6.45) is -0.311. The third-order valence-corrected chi connectivity index (χ3v) is 6.20. The van der Waals surface area contributed by atoms with Gasteiger partial charge in [0.15, 0.2) is 5.79 Å². The van der Waals surface area contributed by atoms with Gasteiger partial charge in [0, 0.05) is 11.5 Å². The van der Waals surface area contributed by atoms with Crippen molar-refractivity contribution in [3.63, 3.8) is 0 Å². The second-order valence-electron chi connectivity index (χ2n) is 7.77. The minimum Gasteiger partial charge on any atom is -0.370 e. The third-order valence-electron chi connectivity index (χ3n) is 5.07. The lowest BCUT2D eigenvalue weighted by Gasteiger charge is -2.27. The maximum atomic E-state index is 6.29. The predicted octanol–water partition coefficient (Wildman–Crippen LogP) is 4.42. The van der Waals surface area contributed by atoms with Crippen molar-refractivity contribution >= 4 is 11.8 Å². The molecule has 2 saturated heterocycles. The van der Waals surface area contributed by atoms with E-state index in [1.54, 1.807) is 0 Å². The molecule has 0 N–H and O–H groups in total. The van der Waals surface area contributed by atoms with Crippen molar-refractivity contribution < 1.29 is 18.9 Å². The van der Waals surface area contributed by atoms with E-state index in [4.69, 9.17) is 18.9 Å². The number of rotatable bonds is 6. The molecule has 4 atom stereocenters. The summed E-state index contributed by atoms with van der Waals surface area (Å²) < 4.78 is 25.1. The Labute approximate surface area is 171 Å². The van der Waals surface area contributed by atoms with Crippen molar-refractivity contribution in [2.24, 2.45) is 0 Å². The van der Waals surface area contributed by atoms with Gasteiger partial charge in [-0.3, -0.25) is 0 Å². The molecule has 0 bridgehead atoms. The van der Waals surface area contributed by atoms with Crippen molar-refractivity contribution in [1.82, 2.24) is 0 Å². The van der Waals surface area contributed by atoms with Gasteiger partial charge in [-0.1, -0.05) is 60.7 Å². The first-order valence-electron chi connectivity index (χ1n) is 9.85. The number of benzene rings is 2. The van der Waals surface area contributed by atoms with Gasteiger partial charge in [0.2, 0.25) is 0 Å². The van der Waals surface area contributed by atoms with E-state index in [1.807, 2.05) is 62.0 Å². The van der Waals surface area contributed by atoms with Gasteiger partial charge in [0.25, 0.3) is 0 Å². The SMILES string of the molecule is CC1(C)O[C@H]2[C@H](O1)[C@H](OCc1ccccc1)CSC[C@H]2OCc1ccccc1. The zero-order valence-corrected chi connectivity index (χ0v) is 17.3. The van der Waals surface area contributed by atoms with Crippen LogP contribution in [0.1, 0.15) is 25.0 Å². The number of hydrogen-bond acceptors (Lipinski definition) is 5. The van der Waals surface area contributed by atoms with E-state index < -0.39 is 5.79 Å². The van der Waals surface area contributed by atoms with Crippen molar-refractivity contribution in [3.05, 3.63) is 71.8 Å². The molecule has 0 spiro atoms. The summed E-state index contributed by atoms with van der Waals surface area (Å²) in [5, 5.41) is 0. The quantitative estimate of drug-likeness (QED) is 0.717. The molecule has 0 aromatic heterocycles. The lowest BCUT2D eigenvalue weighted by Crippen LogP contribution is -2.43. The standard InChI is InChI=1S/C23H28O4S/c1-23(2)26-21-19(24-13-17-9-5-3-6-10-17)15-28-16-20(22(21)27-23)25-14-18-11-7-4-8-12-18/h3-12,19-22H,13-16H2,1-2H3/t19-,20-,21-,22-/m1/s1. The van der Waals surface area contributed by atoms with Crippen LogP contribution < -0.4 is 0 Å². The van der Waals surface area contributed by atoms with Crippen LogP contribution in [-0.4, -0.2) is 41.7 Å². The highest BCUT2D eigenvalue weighted by atomic mass is 32.2. The fourth-order valence-electron chi connectivity index (χ4n) is 3.72. The molecular formula is C23H28O4S. The number of thioether (sulfide) groups is 1. The van der Waals surface area contributed by atoms with Crippen LogP contribution in [-0.2, 0) is 32.2 Å². The number of fused-ring (bicyclic) bond motifs is 1. The summed E-state index contributed by atoms with van der Waals surface area (Å²) in [4.78, 5) is 0. The van der Waals surface area contributed by atoms with Gasteiger partial charge in [-0.05, 0) is 25.0 Å². The van der Waals surface area contributed by atoms with Crippen LogP contribution in [0.25, 0.3) is 0 Å². The smallest absolute Gasteiger partial charge is 0.164 e. The summed E-state index contributed by atoms with van der Waals surface area (Å²) in [7, 11) is 0. The van der Waals surface area contributed by atoms with E-state index in [0.29, 0.717) is 13.2 Å². The van der Waals surface area contributed by atoms with Crippen molar-refractivity contribution in [2.75, 3.05) is 11.5 Å². The number of hydrogen-bond donors (Lipinski definition) is 0. The Balaban J connectivity index is 1.43. The maximum absolute atomic E-state index is 6.29. The predicted molar refractivity (Wildman–Crippen MR) is 111 cm³/mol. The van der Waals surface area contributed by atoms with Gasteiger partial charge in [-0.15, -0.1) is 0 Å². The highest BCUT2D eigenvalue weighted by molar-refractivity contribution is 7.99. The molecule has 150 valence electrons. The molecule has 2 heterocycles. The van der Waals surface area contributed by atoms with Crippen LogP contribution in [0.4, 0.5) is 0 Å². The van der Waals surface area contributed by atoms with Crippen molar-refractivity contribution in [2.45, 2.75) is 57.3 Å². The average Bonchev–Trinajstić information content (AvgIpc) is 2.95. The summed E-state index contributed by atoms with van der Waals surface area (Å²) >= 11 is 1.85. The molecule has 2 aliphatic heterocycles. The second-order valence-corrected chi connectivity index (χ2v) is 8.85. The Hall–Kier alpha value is -1.37. The van der Waals surface area contributed by atoms with Gasteiger partial charge in [-0.25, -0.2) is 0 Å². The van der Waals surface area contributed by atoms with Crippen LogP contribution >= 0.6 is 11.8 Å². The first-order valence-corrected chi connectivity index (χ1v) is 11.0. The minimum absolute atomic E-state index is 0.0256. The maximum Gasteiger partial charge on any atom is 0.164 e. The zero-order chi connectivity index (χ0) is 19.4. The molecule has 0 aliphatic carbocycles. The van der Waals surface area contributed by atoms with Gasteiger partial charge in [-0.2, -0.15) is 11.8 Å². The van der Waals surface area contributed by atoms with Crippen molar-refractivity contribution in [1.29, 1.82) is 0 Å². The number of ether oxygens (including phenoxy) is 4. The van der Waals surface area contributed by atoms with E-state index in [9.17, 15) is 0 Å². The van der Waals surface area contributed by atoms with Crippen molar-refractivity contribution in [3.8, 4) is 0 Å². The topological polar surface area (TPSA) is 36.9 Å². The molecule has 4 nitrogen and oxygen atoms in total. The summed E-state index contributed by atoms with van der Waals surface area (Å²) in [5.41, 5.74) is 2.34. The first-order chi connectivity index (χ1) is 13.6. The minimum atomic E-state index is -0.625. The summed E-state index contributed by atoms with van der Waals surface area (Å²) in [6.45, 7) is 5.09. The van der Waals surface area contributed by atoms with E-state index in [0.717, 1.165) is 11.5 Å². The van der Waals surface area contributed by atoms with Gasteiger partial charge >= 0.3 is 0 Å². The molecule has 2 aliphatic rings. The fraction of sp³-hybridized carbons (Fsp3) is 0.478. The normalized spacial score (nSPS) is 29.2. The molecular weight excluding hydrogens is 372 g/mol. The molecule has 0 radical (unpaired) electrons. The third kappa shape index (κ3) is 4.97. The molecule has 0 saturated carbocycles. The van der Waals surface area contributed by atoms with E-state index in [-0.39, 0.29) is 24.4 Å². The Morgan fingerprint density at radius 1 is 0.786 bits per heavy atom. The Morgan fingerprint density at radius 2 is 1.21 bits per heavy atom. The first kappa shape index (κ1) is 19.9. The second kappa shape index (κ2) is 8.97. The molecule has 2 aromatic carbocycles. The van der Waals surface area contributed by atoms with E-state index in [2.05, 4.69) is 24.3 Å². The highest BCUT2D eigenvalue weighted by Gasteiger charge is 2.50. The fourth-order valence-corrected chi connectivity index (χ4v) is 4.90. The van der Waals surface area contributed by atoms with Gasteiger partial charge in [0.1, 0.15) is 12.2 Å². The molecule has 2 fully saturated rings. The van der Waals surface area contributed by atoms with Gasteiger partial charge in [0.05, 0.1) is 25.4 Å². The lowest BCUT2D eigenvalue weighted by atomic mass is 10.0. The molecule has 5 heteroatoms. The highest BCUT2D eigenvalue weighted by Crippen LogP contribution is 2.38. The largest absolute Gasteiger partial charge is 0.370 e. The molecule has 0 amide bonds. The van der Waals surface area contributed by atoms with Crippen LogP contribution in [0.5, 0.6) is 0 Å². The molecule has 4 rings (SSSR count). The Kier molecular flexibility index (Phi) is 6.38.